The lowest BCUT2D eigenvalue weighted by Gasteiger charge is -2.38. The van der Waals surface area contributed by atoms with Crippen molar-refractivity contribution in [3.05, 3.63) is 23.8 Å². The number of hydrogen-bond donors (Lipinski definition) is 0. The summed E-state index contributed by atoms with van der Waals surface area (Å²) in [6, 6.07) is 5.92. The van der Waals surface area contributed by atoms with Crippen LogP contribution in [-0.2, 0) is 11.2 Å². The number of methoxy groups -OCH3 is 2. The first-order valence-electron chi connectivity index (χ1n) is 7.10. The highest BCUT2D eigenvalue weighted by molar-refractivity contribution is 5.74. The third kappa shape index (κ3) is 4.15. The fraction of sp³-hybridized carbons (Fsp3) is 0.562. The Morgan fingerprint density at radius 3 is 2.05 bits per heavy atom. The van der Waals surface area contributed by atoms with Crippen molar-refractivity contribution in [2.75, 3.05) is 27.3 Å². The summed E-state index contributed by atoms with van der Waals surface area (Å²) in [4.78, 5) is 13.0. The van der Waals surface area contributed by atoms with Crippen molar-refractivity contribution in [2.45, 2.75) is 27.2 Å². The molecule has 1 heterocycles. The molecule has 20 heavy (non-hydrogen) atoms. The van der Waals surface area contributed by atoms with E-state index < -0.39 is 0 Å². The zero-order valence-corrected chi connectivity index (χ0v) is 13.1. The number of likely N-dealkylation sites (tertiary alicyclic amines) is 1. The molecule has 0 atom stereocenters. The van der Waals surface area contributed by atoms with E-state index in [-0.39, 0.29) is 5.91 Å². The summed E-state index contributed by atoms with van der Waals surface area (Å²) < 4.78 is 10.5. The molecule has 0 aromatic heterocycles. The molecule has 0 bridgehead atoms. The number of nitrogens with zero attached hydrogens (tertiary/aromatic N) is 1. The average molecular weight is 279 g/mol. The van der Waals surface area contributed by atoms with Crippen LogP contribution in [0.2, 0.25) is 0 Å². The summed E-state index contributed by atoms with van der Waals surface area (Å²) >= 11 is 0. The fourth-order valence-corrected chi connectivity index (χ4v) is 2.27. The van der Waals surface area contributed by atoms with E-state index in [1.807, 2.05) is 36.9 Å². The van der Waals surface area contributed by atoms with Gasteiger partial charge in [0.15, 0.2) is 0 Å². The highest BCUT2D eigenvalue weighted by atomic mass is 16.5. The largest absolute Gasteiger partial charge is 0.497 e. The van der Waals surface area contributed by atoms with Gasteiger partial charge in [0, 0.05) is 26.1 Å². The Kier molecular flexibility index (Phi) is 6.36. The molecule has 1 fully saturated rings. The van der Waals surface area contributed by atoms with E-state index in [0.717, 1.165) is 31.0 Å². The minimum Gasteiger partial charge on any atom is -0.497 e. The van der Waals surface area contributed by atoms with Gasteiger partial charge in [-0.1, -0.05) is 13.8 Å². The lowest BCUT2D eigenvalue weighted by atomic mass is 9.92. The van der Waals surface area contributed by atoms with Crippen molar-refractivity contribution < 1.29 is 14.3 Å². The lowest BCUT2D eigenvalue weighted by Crippen LogP contribution is -2.49. The van der Waals surface area contributed by atoms with Crippen molar-refractivity contribution in [1.29, 1.82) is 0 Å². The highest BCUT2D eigenvalue weighted by Gasteiger charge is 2.28. The monoisotopic (exact) mass is 279 g/mol. The Balaban J connectivity index is 0.000000956. The summed E-state index contributed by atoms with van der Waals surface area (Å²) in [5.74, 6) is 2.33. The number of amides is 1. The Hall–Kier alpha value is -1.71. The molecule has 0 N–H and O–H groups in total. The minimum atomic E-state index is 0.162. The molecule has 0 unspecified atom stereocenters. The van der Waals surface area contributed by atoms with Gasteiger partial charge in [-0.05, 0) is 30.0 Å². The molecule has 4 heteroatoms. The van der Waals surface area contributed by atoms with Gasteiger partial charge < -0.3 is 14.4 Å². The van der Waals surface area contributed by atoms with Gasteiger partial charge in [0.25, 0.3) is 0 Å². The summed E-state index contributed by atoms with van der Waals surface area (Å²) in [6.45, 7) is 7.33. The molecular formula is C16H25NO3. The second-order valence-electron chi connectivity index (χ2n) is 4.72. The van der Waals surface area contributed by atoms with Crippen molar-refractivity contribution in [1.82, 2.24) is 4.90 Å². The van der Waals surface area contributed by atoms with Crippen LogP contribution in [0.15, 0.2) is 18.2 Å². The minimum absolute atomic E-state index is 0.162. The van der Waals surface area contributed by atoms with E-state index >= 15 is 0 Å². The Bertz CT molecular complexity index is 417. The second-order valence-corrected chi connectivity index (χ2v) is 4.72. The van der Waals surface area contributed by atoms with Gasteiger partial charge >= 0.3 is 0 Å². The maximum Gasteiger partial charge on any atom is 0.219 e. The van der Waals surface area contributed by atoms with E-state index in [9.17, 15) is 4.79 Å². The molecular weight excluding hydrogens is 254 g/mol. The summed E-state index contributed by atoms with van der Waals surface area (Å²) in [5.41, 5.74) is 1.19. The molecule has 0 spiro atoms. The molecule has 1 aliphatic heterocycles. The van der Waals surface area contributed by atoms with Crippen LogP contribution in [0, 0.1) is 5.92 Å². The van der Waals surface area contributed by atoms with Gasteiger partial charge in [-0.2, -0.15) is 0 Å². The molecule has 4 nitrogen and oxygen atoms in total. The quantitative estimate of drug-likeness (QED) is 0.850. The molecule has 112 valence electrons. The zero-order chi connectivity index (χ0) is 15.1. The normalized spacial score (nSPS) is 13.9. The summed E-state index contributed by atoms with van der Waals surface area (Å²) in [6.07, 6.45) is 0.956. The molecule has 1 saturated heterocycles. The first kappa shape index (κ1) is 16.3. The van der Waals surface area contributed by atoms with Crippen LogP contribution in [0.1, 0.15) is 26.3 Å². The van der Waals surface area contributed by atoms with Gasteiger partial charge in [0.05, 0.1) is 14.2 Å². The lowest BCUT2D eigenvalue weighted by molar-refractivity contribution is -0.134. The molecule has 2 rings (SSSR count). The maximum absolute atomic E-state index is 11.1. The van der Waals surface area contributed by atoms with Gasteiger partial charge in [0.2, 0.25) is 5.91 Å². The predicted octanol–water partition coefficient (Wildman–Crippen LogP) is 2.75. The SMILES string of the molecule is CC.COc1cc(CC2CN(C(C)=O)C2)cc(OC)c1. The molecule has 1 aliphatic rings. The van der Waals surface area contributed by atoms with Crippen molar-refractivity contribution >= 4 is 5.91 Å². The van der Waals surface area contributed by atoms with Gasteiger partial charge in [-0.15, -0.1) is 0 Å². The van der Waals surface area contributed by atoms with Crippen molar-refractivity contribution in [3.8, 4) is 11.5 Å². The number of carbonyl (C=O) groups excluding carboxylic acids is 1. The van der Waals surface area contributed by atoms with Crippen LogP contribution in [0.3, 0.4) is 0 Å². The van der Waals surface area contributed by atoms with Crippen molar-refractivity contribution in [3.63, 3.8) is 0 Å². The van der Waals surface area contributed by atoms with Gasteiger partial charge in [-0.3, -0.25) is 4.79 Å². The third-order valence-corrected chi connectivity index (χ3v) is 3.34. The topological polar surface area (TPSA) is 38.8 Å². The number of hydrogen-bond acceptors (Lipinski definition) is 3. The smallest absolute Gasteiger partial charge is 0.219 e. The molecule has 1 aromatic carbocycles. The third-order valence-electron chi connectivity index (χ3n) is 3.34. The molecule has 1 amide bonds. The molecule has 0 saturated carbocycles. The fourth-order valence-electron chi connectivity index (χ4n) is 2.27. The molecule has 1 aromatic rings. The summed E-state index contributed by atoms with van der Waals surface area (Å²) in [5, 5.41) is 0. The number of carbonyl (C=O) groups is 1. The number of ether oxygens (including phenoxy) is 2. The average Bonchev–Trinajstić information content (AvgIpc) is 2.43. The van der Waals surface area contributed by atoms with Crippen LogP contribution in [0.5, 0.6) is 11.5 Å². The maximum atomic E-state index is 11.1. The first-order valence-corrected chi connectivity index (χ1v) is 7.10. The number of benzene rings is 1. The van der Waals surface area contributed by atoms with Crippen LogP contribution < -0.4 is 9.47 Å². The predicted molar refractivity (Wildman–Crippen MR) is 80.3 cm³/mol. The molecule has 0 aliphatic carbocycles. The summed E-state index contributed by atoms with van der Waals surface area (Å²) in [7, 11) is 3.30. The van der Waals surface area contributed by atoms with Crippen LogP contribution in [0.25, 0.3) is 0 Å². The Labute approximate surface area is 121 Å². The van der Waals surface area contributed by atoms with E-state index in [0.29, 0.717) is 5.92 Å². The van der Waals surface area contributed by atoms with E-state index in [1.165, 1.54) is 5.56 Å². The second kappa shape index (κ2) is 7.78. The van der Waals surface area contributed by atoms with Crippen LogP contribution >= 0.6 is 0 Å². The van der Waals surface area contributed by atoms with Crippen LogP contribution in [0.4, 0.5) is 0 Å². The van der Waals surface area contributed by atoms with E-state index in [4.69, 9.17) is 9.47 Å². The Morgan fingerprint density at radius 2 is 1.65 bits per heavy atom. The highest BCUT2D eigenvalue weighted by Crippen LogP contribution is 2.27. The first-order chi connectivity index (χ1) is 9.62. The zero-order valence-electron chi connectivity index (χ0n) is 13.1. The Morgan fingerprint density at radius 1 is 1.15 bits per heavy atom. The van der Waals surface area contributed by atoms with E-state index in [1.54, 1.807) is 21.1 Å². The number of rotatable bonds is 4. The molecule has 0 radical (unpaired) electrons. The van der Waals surface area contributed by atoms with E-state index in [2.05, 4.69) is 0 Å². The standard InChI is InChI=1S/C14H19NO3.C2H6/c1-10(16)15-8-12(9-15)4-11-5-13(17-2)7-14(6-11)18-3;1-2/h5-7,12H,4,8-9H2,1-3H3;1-2H3. The van der Waals surface area contributed by atoms with Gasteiger partial charge in [0.1, 0.15) is 11.5 Å². The van der Waals surface area contributed by atoms with Gasteiger partial charge in [-0.25, -0.2) is 0 Å². The van der Waals surface area contributed by atoms with Crippen LogP contribution in [-0.4, -0.2) is 38.1 Å². The van der Waals surface area contributed by atoms with Crippen molar-refractivity contribution in [2.24, 2.45) is 5.92 Å².